The maximum absolute atomic E-state index is 12.5. The summed E-state index contributed by atoms with van der Waals surface area (Å²) in [5.74, 6) is -0.288. The zero-order valence-electron chi connectivity index (χ0n) is 23.7. The van der Waals surface area contributed by atoms with E-state index in [0.717, 1.165) is 42.9 Å². The molecule has 0 radical (unpaired) electrons. The Labute approximate surface area is 234 Å². The van der Waals surface area contributed by atoms with Crippen LogP contribution in [0.4, 0.5) is 4.79 Å². The average Bonchev–Trinajstić information content (AvgIpc) is 3.34. The lowest BCUT2D eigenvalue weighted by atomic mass is 10.0. The third-order valence-corrected chi connectivity index (χ3v) is 6.45. The number of aromatic nitrogens is 4. The number of amides is 1. The summed E-state index contributed by atoms with van der Waals surface area (Å²) in [5.41, 5.74) is 2.26. The number of aryl methyl sites for hydroxylation is 1. The minimum atomic E-state index is -0.497. The van der Waals surface area contributed by atoms with Gasteiger partial charge in [-0.25, -0.2) is 9.48 Å². The maximum Gasteiger partial charge on any atom is 0.410 e. The lowest BCUT2D eigenvalue weighted by Gasteiger charge is -2.35. The Morgan fingerprint density at radius 3 is 2.50 bits per heavy atom. The van der Waals surface area contributed by atoms with E-state index >= 15 is 0 Å². The van der Waals surface area contributed by atoms with Crippen molar-refractivity contribution in [1.82, 2.24) is 29.4 Å². The number of esters is 1. The molecule has 0 atom stereocenters. The van der Waals surface area contributed by atoms with Gasteiger partial charge in [0, 0.05) is 58.5 Å². The van der Waals surface area contributed by atoms with Crippen LogP contribution in [0, 0.1) is 0 Å². The first-order valence-electron chi connectivity index (χ1n) is 13.6. The van der Waals surface area contributed by atoms with E-state index in [-0.39, 0.29) is 23.9 Å². The smallest absolute Gasteiger partial charge is 0.410 e. The van der Waals surface area contributed by atoms with Gasteiger partial charge < -0.3 is 14.4 Å². The number of hydrogen-bond acceptors (Lipinski definition) is 8. The van der Waals surface area contributed by atoms with E-state index in [1.165, 1.54) is 6.07 Å². The molecule has 214 valence electrons. The highest BCUT2D eigenvalue weighted by Gasteiger charge is 2.25. The van der Waals surface area contributed by atoms with E-state index in [0.29, 0.717) is 31.8 Å². The monoisotopic (exact) mass is 550 g/mol. The molecule has 40 heavy (non-hydrogen) atoms. The second-order valence-corrected chi connectivity index (χ2v) is 11.0. The summed E-state index contributed by atoms with van der Waals surface area (Å²) in [7, 11) is 1.82. The summed E-state index contributed by atoms with van der Waals surface area (Å²) in [6.45, 7) is 9.52. The van der Waals surface area contributed by atoms with Crippen LogP contribution in [0.3, 0.4) is 0 Å². The van der Waals surface area contributed by atoms with Crippen molar-refractivity contribution in [2.24, 2.45) is 7.05 Å². The highest BCUT2D eigenvalue weighted by Crippen LogP contribution is 2.13. The summed E-state index contributed by atoms with van der Waals surface area (Å²) in [5, 5.41) is 8.64. The molecular formula is C29H38N6O5. The Morgan fingerprint density at radius 2 is 1.80 bits per heavy atom. The number of carbonyl (C=O) groups excluding carboxylic acids is 2. The van der Waals surface area contributed by atoms with Crippen molar-refractivity contribution in [2.45, 2.75) is 45.6 Å². The van der Waals surface area contributed by atoms with Crippen LogP contribution in [0.15, 0.2) is 53.7 Å². The Morgan fingerprint density at radius 1 is 1.05 bits per heavy atom. The van der Waals surface area contributed by atoms with Gasteiger partial charge in [-0.05, 0) is 38.3 Å². The van der Waals surface area contributed by atoms with Gasteiger partial charge in [-0.15, -0.1) is 0 Å². The first-order chi connectivity index (χ1) is 19.1. The summed E-state index contributed by atoms with van der Waals surface area (Å²) in [4.78, 5) is 41.1. The van der Waals surface area contributed by atoms with Gasteiger partial charge in [-0.3, -0.25) is 19.2 Å². The third-order valence-electron chi connectivity index (χ3n) is 6.45. The van der Waals surface area contributed by atoms with Gasteiger partial charge in [-0.2, -0.15) is 10.2 Å². The Balaban J connectivity index is 1.20. The molecule has 1 fully saturated rings. The molecule has 1 aromatic carbocycles. The molecule has 0 bridgehead atoms. The lowest BCUT2D eigenvalue weighted by molar-refractivity contribution is -0.143. The van der Waals surface area contributed by atoms with E-state index in [2.05, 4.69) is 15.1 Å². The fourth-order valence-corrected chi connectivity index (χ4v) is 4.46. The van der Waals surface area contributed by atoms with E-state index < -0.39 is 5.60 Å². The molecule has 0 aliphatic carbocycles. The second-order valence-electron chi connectivity index (χ2n) is 11.0. The number of carbonyl (C=O) groups is 2. The molecular weight excluding hydrogens is 512 g/mol. The van der Waals surface area contributed by atoms with Crippen LogP contribution in [0.1, 0.15) is 44.0 Å². The lowest BCUT2D eigenvalue weighted by Crippen LogP contribution is -2.50. The van der Waals surface area contributed by atoms with E-state index in [4.69, 9.17) is 9.47 Å². The predicted octanol–water partition coefficient (Wildman–Crippen LogP) is 2.59. The zero-order chi connectivity index (χ0) is 28.7. The molecule has 1 saturated heterocycles. The molecule has 0 unspecified atom stereocenters. The fraction of sp³-hybridized carbons (Fsp3) is 0.483. The van der Waals surface area contributed by atoms with Crippen molar-refractivity contribution in [2.75, 3.05) is 39.3 Å². The molecule has 3 aromatic rings. The van der Waals surface area contributed by atoms with Crippen molar-refractivity contribution >= 4 is 12.1 Å². The highest BCUT2D eigenvalue weighted by atomic mass is 16.6. The van der Waals surface area contributed by atoms with Gasteiger partial charge in [0.25, 0.3) is 0 Å². The van der Waals surface area contributed by atoms with Crippen molar-refractivity contribution in [3.8, 4) is 5.69 Å². The molecule has 11 nitrogen and oxygen atoms in total. The molecule has 0 N–H and O–H groups in total. The number of piperazine rings is 1. The van der Waals surface area contributed by atoms with Gasteiger partial charge in [0.15, 0.2) is 0 Å². The van der Waals surface area contributed by atoms with Crippen LogP contribution in [0.25, 0.3) is 5.69 Å². The van der Waals surface area contributed by atoms with Crippen LogP contribution in [-0.4, -0.2) is 86.4 Å². The number of hydrogen-bond donors (Lipinski definition) is 0. The Hall–Kier alpha value is -3.99. The third kappa shape index (κ3) is 8.51. The molecule has 2 aromatic heterocycles. The van der Waals surface area contributed by atoms with Crippen LogP contribution < -0.4 is 5.43 Å². The van der Waals surface area contributed by atoms with Crippen molar-refractivity contribution in [1.29, 1.82) is 0 Å². The molecule has 1 aliphatic rings. The maximum atomic E-state index is 12.5. The van der Waals surface area contributed by atoms with Crippen molar-refractivity contribution in [3.63, 3.8) is 0 Å². The van der Waals surface area contributed by atoms with Gasteiger partial charge in [0.2, 0.25) is 5.43 Å². The van der Waals surface area contributed by atoms with Crippen LogP contribution in [0.2, 0.25) is 0 Å². The Kier molecular flexibility index (Phi) is 9.36. The normalized spacial score (nSPS) is 14.2. The van der Waals surface area contributed by atoms with Crippen LogP contribution in [0.5, 0.6) is 0 Å². The summed E-state index contributed by atoms with van der Waals surface area (Å²) in [6, 6.07) is 9.07. The molecule has 1 amide bonds. The standard InChI is InChI=1S/C29H38N6O5/c1-29(2,3)40-28(38)34-14-12-33(13-15-34)10-6-16-39-27(37)19-23-8-5-7-22(17-23)18-25-26(36)9-11-35(31-25)24-20-30-32(4)21-24/h5,7-9,11,17,20-21H,6,10,12-16,18-19H2,1-4H3. The van der Waals surface area contributed by atoms with Crippen LogP contribution >= 0.6 is 0 Å². The van der Waals surface area contributed by atoms with Crippen molar-refractivity contribution in [3.05, 3.63) is 76.0 Å². The van der Waals surface area contributed by atoms with Gasteiger partial charge in [-0.1, -0.05) is 24.3 Å². The predicted molar refractivity (Wildman–Crippen MR) is 149 cm³/mol. The SMILES string of the molecule is Cn1cc(-n2ccc(=O)c(Cc3cccc(CC(=O)OCCCN4CCN(C(=O)OC(C)(C)C)CC4)c3)n2)cn1. The van der Waals surface area contributed by atoms with E-state index in [1.807, 2.05) is 58.3 Å². The number of ether oxygens (including phenoxy) is 2. The average molecular weight is 551 g/mol. The molecule has 11 heteroatoms. The minimum absolute atomic E-state index is 0.142. The van der Waals surface area contributed by atoms with Gasteiger partial charge in [0.1, 0.15) is 17.0 Å². The quantitative estimate of drug-likeness (QED) is 0.295. The van der Waals surface area contributed by atoms with Crippen molar-refractivity contribution < 1.29 is 19.1 Å². The highest BCUT2D eigenvalue weighted by molar-refractivity contribution is 5.72. The molecule has 3 heterocycles. The molecule has 4 rings (SSSR count). The largest absolute Gasteiger partial charge is 0.465 e. The molecule has 1 aliphatic heterocycles. The first-order valence-corrected chi connectivity index (χ1v) is 13.6. The first kappa shape index (κ1) is 29.0. The number of rotatable bonds is 9. The van der Waals surface area contributed by atoms with E-state index in [1.54, 1.807) is 26.7 Å². The summed E-state index contributed by atoms with van der Waals surface area (Å²) in [6.07, 6.45) is 6.09. The summed E-state index contributed by atoms with van der Waals surface area (Å²) < 4.78 is 14.2. The number of nitrogens with zero attached hydrogens (tertiary/aromatic N) is 6. The zero-order valence-corrected chi connectivity index (χ0v) is 23.7. The molecule has 0 spiro atoms. The number of benzene rings is 1. The van der Waals surface area contributed by atoms with E-state index in [9.17, 15) is 14.4 Å². The minimum Gasteiger partial charge on any atom is -0.465 e. The second kappa shape index (κ2) is 12.9. The molecule has 0 saturated carbocycles. The topological polar surface area (TPSA) is 112 Å². The summed E-state index contributed by atoms with van der Waals surface area (Å²) >= 11 is 0. The Bertz CT molecular complexity index is 1370. The van der Waals surface area contributed by atoms with Gasteiger partial charge >= 0.3 is 12.1 Å². The van der Waals surface area contributed by atoms with Gasteiger partial charge in [0.05, 0.1) is 25.4 Å². The van der Waals surface area contributed by atoms with Crippen LogP contribution in [-0.2, 0) is 34.2 Å². The fourth-order valence-electron chi connectivity index (χ4n) is 4.46.